The molecule has 0 heterocycles. The number of carbonyl (C=O) groups is 2. The summed E-state index contributed by atoms with van der Waals surface area (Å²) in [5.41, 5.74) is 0.228. The van der Waals surface area contributed by atoms with E-state index in [0.717, 1.165) is 57.1 Å². The van der Waals surface area contributed by atoms with Gasteiger partial charge in [-0.05, 0) is 69.3 Å². The minimum atomic E-state index is -0.469. The summed E-state index contributed by atoms with van der Waals surface area (Å²) in [7, 11) is 0. The zero-order valence-electron chi connectivity index (χ0n) is 24.0. The van der Waals surface area contributed by atoms with Crippen molar-refractivity contribution in [3.05, 3.63) is 90.6 Å². The van der Waals surface area contributed by atoms with Gasteiger partial charge in [-0.1, -0.05) is 93.7 Å². The van der Waals surface area contributed by atoms with Crippen molar-refractivity contribution in [3.8, 4) is 5.75 Å². The van der Waals surface area contributed by atoms with E-state index in [1.165, 1.54) is 6.07 Å². The van der Waals surface area contributed by atoms with Gasteiger partial charge in [0.05, 0.1) is 10.3 Å². The molecule has 3 N–H and O–H groups in total. The number of allylic oxidation sites excluding steroid dienone is 10. The van der Waals surface area contributed by atoms with Crippen LogP contribution in [0.25, 0.3) is 0 Å². The van der Waals surface area contributed by atoms with Gasteiger partial charge < -0.3 is 15.7 Å². The molecule has 0 radical (unpaired) electrons. The first-order valence-electron chi connectivity index (χ1n) is 14.2. The second kappa shape index (κ2) is 21.9. The maximum Gasteiger partial charge on any atom is 0.255 e. The third-order valence-corrected chi connectivity index (χ3v) is 7.98. The summed E-state index contributed by atoms with van der Waals surface area (Å²) in [6.07, 6.45) is 29.3. The SMILES string of the molecule is CCC=CCC=CCC=CCC=CCC=CCCSC(CC)(CC)C(=O)NCCNC(=O)c1ccccc1O. The molecule has 0 aliphatic heterocycles. The van der Waals surface area contributed by atoms with Gasteiger partial charge in [0.15, 0.2) is 0 Å². The van der Waals surface area contributed by atoms with Crippen LogP contribution in [0.3, 0.4) is 0 Å². The van der Waals surface area contributed by atoms with Crippen molar-refractivity contribution in [1.29, 1.82) is 0 Å². The molecule has 0 saturated heterocycles. The summed E-state index contributed by atoms with van der Waals surface area (Å²) in [6, 6.07) is 6.41. The monoisotopic (exact) mass is 552 g/mol. The predicted molar refractivity (Wildman–Crippen MR) is 168 cm³/mol. The quantitative estimate of drug-likeness (QED) is 0.115. The third-order valence-electron chi connectivity index (χ3n) is 6.22. The molecule has 0 aliphatic rings. The van der Waals surface area contributed by atoms with Gasteiger partial charge in [-0.15, -0.1) is 11.8 Å². The highest BCUT2D eigenvalue weighted by Gasteiger charge is 2.34. The maximum absolute atomic E-state index is 13.0. The zero-order chi connectivity index (χ0) is 28.6. The Morgan fingerprint density at radius 3 is 1.82 bits per heavy atom. The number of nitrogens with one attached hydrogen (secondary N) is 2. The molecule has 0 atom stereocenters. The number of para-hydroxylation sites is 1. The molecule has 0 spiro atoms. The van der Waals surface area contributed by atoms with E-state index in [4.69, 9.17) is 0 Å². The Labute approximate surface area is 240 Å². The van der Waals surface area contributed by atoms with Crippen LogP contribution in [0.2, 0.25) is 0 Å². The Hall–Kier alpha value is -2.99. The molecule has 214 valence electrons. The first kappa shape index (κ1) is 34.0. The number of thioether (sulfide) groups is 1. The molecule has 0 unspecified atom stereocenters. The Morgan fingerprint density at radius 1 is 0.769 bits per heavy atom. The van der Waals surface area contributed by atoms with E-state index in [9.17, 15) is 14.7 Å². The fourth-order valence-electron chi connectivity index (χ4n) is 3.81. The highest BCUT2D eigenvalue weighted by atomic mass is 32.2. The zero-order valence-corrected chi connectivity index (χ0v) is 24.8. The van der Waals surface area contributed by atoms with E-state index in [-0.39, 0.29) is 23.1 Å². The van der Waals surface area contributed by atoms with E-state index in [1.54, 1.807) is 30.0 Å². The largest absolute Gasteiger partial charge is 0.507 e. The van der Waals surface area contributed by atoms with Crippen molar-refractivity contribution < 1.29 is 14.7 Å². The van der Waals surface area contributed by atoms with E-state index in [2.05, 4.69) is 78.3 Å². The van der Waals surface area contributed by atoms with Gasteiger partial charge in [0.1, 0.15) is 5.75 Å². The molecule has 1 rings (SSSR count). The number of phenolic OH excluding ortho intramolecular Hbond substituents is 1. The molecule has 39 heavy (non-hydrogen) atoms. The molecule has 0 aliphatic carbocycles. The van der Waals surface area contributed by atoms with Gasteiger partial charge in [-0.3, -0.25) is 9.59 Å². The Balaban J connectivity index is 2.26. The maximum atomic E-state index is 13.0. The van der Waals surface area contributed by atoms with Crippen LogP contribution in [0, 0.1) is 0 Å². The molecular weight excluding hydrogens is 504 g/mol. The van der Waals surface area contributed by atoms with Gasteiger partial charge in [0.25, 0.3) is 5.91 Å². The van der Waals surface area contributed by atoms with Crippen LogP contribution in [0.1, 0.15) is 82.5 Å². The van der Waals surface area contributed by atoms with Crippen molar-refractivity contribution in [2.24, 2.45) is 0 Å². The van der Waals surface area contributed by atoms with Crippen LogP contribution in [-0.2, 0) is 4.79 Å². The Bertz CT molecular complexity index is 975. The average Bonchev–Trinajstić information content (AvgIpc) is 2.95. The summed E-state index contributed by atoms with van der Waals surface area (Å²) in [4.78, 5) is 25.2. The fraction of sp³-hybridized carbons (Fsp3) is 0.455. The lowest BCUT2D eigenvalue weighted by Crippen LogP contribution is -2.46. The normalized spacial score (nSPS) is 12.5. The fourth-order valence-corrected chi connectivity index (χ4v) is 5.06. The van der Waals surface area contributed by atoms with Crippen molar-refractivity contribution >= 4 is 23.6 Å². The van der Waals surface area contributed by atoms with Gasteiger partial charge in [0, 0.05) is 13.1 Å². The van der Waals surface area contributed by atoms with Crippen LogP contribution >= 0.6 is 11.8 Å². The average molecular weight is 553 g/mol. The molecule has 5 nitrogen and oxygen atoms in total. The molecule has 2 amide bonds. The topological polar surface area (TPSA) is 78.4 Å². The molecule has 0 fully saturated rings. The number of amides is 2. The summed E-state index contributed by atoms with van der Waals surface area (Å²) in [5.74, 6) is 0.479. The number of hydrogen-bond donors (Lipinski definition) is 3. The lowest BCUT2D eigenvalue weighted by atomic mass is 10.0. The van der Waals surface area contributed by atoms with Gasteiger partial charge in [-0.25, -0.2) is 0 Å². The van der Waals surface area contributed by atoms with Gasteiger partial charge in [0.2, 0.25) is 5.91 Å². The second-order valence-electron chi connectivity index (χ2n) is 9.08. The summed E-state index contributed by atoms with van der Waals surface area (Å²) in [6.45, 7) is 6.88. The van der Waals surface area contributed by atoms with Gasteiger partial charge in [-0.2, -0.15) is 0 Å². The van der Waals surface area contributed by atoms with E-state index < -0.39 is 4.75 Å². The van der Waals surface area contributed by atoms with Crippen molar-refractivity contribution in [2.75, 3.05) is 18.8 Å². The number of phenols is 1. The standard InChI is InChI=1S/C33H48N2O3S/c1-4-7-8-9-10-11-12-13-14-15-16-17-18-19-20-23-28-39-33(5-2,6-3)32(38)35-27-26-34-31(37)29-24-21-22-25-30(29)36/h7-8,10-11,13-14,16-17,19-22,24-25,36H,4-6,9,12,15,18,23,26-28H2,1-3H3,(H,34,37)(H,35,38). The first-order valence-corrected chi connectivity index (χ1v) is 15.2. The van der Waals surface area contributed by atoms with E-state index in [0.29, 0.717) is 13.1 Å². The van der Waals surface area contributed by atoms with Crippen molar-refractivity contribution in [2.45, 2.75) is 76.9 Å². The number of rotatable bonds is 20. The van der Waals surface area contributed by atoms with Gasteiger partial charge >= 0.3 is 0 Å². The predicted octanol–water partition coefficient (Wildman–Crippen LogP) is 7.67. The molecular formula is C33H48N2O3S. The van der Waals surface area contributed by atoms with Crippen molar-refractivity contribution in [3.63, 3.8) is 0 Å². The minimum absolute atomic E-state index is 0.0121. The number of carbonyl (C=O) groups excluding carboxylic acids is 2. The second-order valence-corrected chi connectivity index (χ2v) is 10.6. The van der Waals surface area contributed by atoms with Crippen LogP contribution in [-0.4, -0.2) is 40.5 Å². The van der Waals surface area contributed by atoms with E-state index in [1.807, 2.05) is 13.8 Å². The van der Waals surface area contributed by atoms with Crippen LogP contribution in [0.4, 0.5) is 0 Å². The lowest BCUT2D eigenvalue weighted by molar-refractivity contribution is -0.123. The first-order chi connectivity index (χ1) is 19.0. The molecule has 1 aromatic carbocycles. The number of aromatic hydroxyl groups is 1. The van der Waals surface area contributed by atoms with Crippen LogP contribution < -0.4 is 10.6 Å². The van der Waals surface area contributed by atoms with Crippen molar-refractivity contribution in [1.82, 2.24) is 10.6 Å². The Kier molecular flexibility index (Phi) is 19.1. The third kappa shape index (κ3) is 14.7. The molecule has 0 aromatic heterocycles. The summed E-state index contributed by atoms with van der Waals surface area (Å²) >= 11 is 1.71. The molecule has 0 saturated carbocycles. The highest BCUT2D eigenvalue weighted by Crippen LogP contribution is 2.33. The minimum Gasteiger partial charge on any atom is -0.507 e. The number of hydrogen-bond acceptors (Lipinski definition) is 4. The molecule has 0 bridgehead atoms. The van der Waals surface area contributed by atoms with E-state index >= 15 is 0 Å². The number of benzene rings is 1. The van der Waals surface area contributed by atoms with Crippen LogP contribution in [0.5, 0.6) is 5.75 Å². The smallest absolute Gasteiger partial charge is 0.255 e. The molecule has 6 heteroatoms. The lowest BCUT2D eigenvalue weighted by Gasteiger charge is -2.29. The Morgan fingerprint density at radius 2 is 1.28 bits per heavy atom. The summed E-state index contributed by atoms with van der Waals surface area (Å²) in [5, 5.41) is 15.5. The molecule has 1 aromatic rings. The summed E-state index contributed by atoms with van der Waals surface area (Å²) < 4.78 is -0.469. The highest BCUT2D eigenvalue weighted by molar-refractivity contribution is 8.01. The van der Waals surface area contributed by atoms with Crippen LogP contribution in [0.15, 0.2) is 85.0 Å².